The number of fused-ring (bicyclic) bond motifs is 1. The molecule has 0 bridgehead atoms. The number of carbonyl (C=O) groups excluding carboxylic acids is 1. The zero-order chi connectivity index (χ0) is 16.7. The molecule has 1 atom stereocenters. The van der Waals surface area contributed by atoms with E-state index >= 15 is 0 Å². The molecule has 3 heteroatoms. The summed E-state index contributed by atoms with van der Waals surface area (Å²) in [6.07, 6.45) is 4.12. The third kappa shape index (κ3) is 2.19. The number of nitrogens with zero attached hydrogens (tertiary/aromatic N) is 1. The van der Waals surface area contributed by atoms with Crippen molar-refractivity contribution in [3.63, 3.8) is 0 Å². The van der Waals surface area contributed by atoms with Crippen molar-refractivity contribution >= 4 is 5.91 Å². The van der Waals surface area contributed by atoms with Gasteiger partial charge in [-0.25, -0.2) is 0 Å². The molecule has 1 aliphatic heterocycles. The first kappa shape index (κ1) is 15.4. The molecule has 2 aliphatic rings. The van der Waals surface area contributed by atoms with E-state index in [1.807, 2.05) is 54.6 Å². The number of carbonyl (C=O) groups is 1. The van der Waals surface area contributed by atoms with Gasteiger partial charge < -0.3 is 5.11 Å². The van der Waals surface area contributed by atoms with Gasteiger partial charge in [-0.05, 0) is 37.7 Å². The van der Waals surface area contributed by atoms with Gasteiger partial charge in [0, 0.05) is 22.7 Å². The van der Waals surface area contributed by atoms with Gasteiger partial charge in [0.15, 0.2) is 5.72 Å². The highest BCUT2D eigenvalue weighted by molar-refractivity contribution is 6.00. The van der Waals surface area contributed by atoms with E-state index in [0.29, 0.717) is 17.0 Å². The monoisotopic (exact) mass is 321 g/mol. The van der Waals surface area contributed by atoms with Crippen LogP contribution in [0.4, 0.5) is 0 Å². The van der Waals surface area contributed by atoms with E-state index in [0.717, 1.165) is 31.2 Å². The van der Waals surface area contributed by atoms with E-state index in [9.17, 15) is 9.90 Å². The van der Waals surface area contributed by atoms with Crippen LogP contribution in [0.3, 0.4) is 0 Å². The summed E-state index contributed by atoms with van der Waals surface area (Å²) in [6, 6.07) is 17.2. The van der Waals surface area contributed by atoms with Gasteiger partial charge in [-0.2, -0.15) is 0 Å². The molecule has 0 unspecified atom stereocenters. The number of rotatable bonds is 2. The van der Waals surface area contributed by atoms with Gasteiger partial charge in [-0.15, -0.1) is 0 Å². The molecule has 124 valence electrons. The van der Waals surface area contributed by atoms with Crippen molar-refractivity contribution in [2.24, 2.45) is 5.92 Å². The molecule has 0 aromatic heterocycles. The summed E-state index contributed by atoms with van der Waals surface area (Å²) >= 11 is 0. The molecule has 2 aromatic carbocycles. The van der Waals surface area contributed by atoms with E-state index in [-0.39, 0.29) is 11.9 Å². The molecule has 1 aliphatic carbocycles. The topological polar surface area (TPSA) is 40.5 Å². The summed E-state index contributed by atoms with van der Waals surface area (Å²) in [4.78, 5) is 14.9. The second-order valence-electron chi connectivity index (χ2n) is 7.17. The van der Waals surface area contributed by atoms with Crippen molar-refractivity contribution in [3.8, 4) is 0 Å². The predicted molar refractivity (Wildman–Crippen MR) is 93.5 cm³/mol. The van der Waals surface area contributed by atoms with Crippen LogP contribution in [0.15, 0.2) is 54.6 Å². The summed E-state index contributed by atoms with van der Waals surface area (Å²) < 4.78 is 0. The maximum Gasteiger partial charge on any atom is 0.257 e. The van der Waals surface area contributed by atoms with Crippen LogP contribution in [0.25, 0.3) is 0 Å². The third-order valence-electron chi connectivity index (χ3n) is 5.63. The van der Waals surface area contributed by atoms with E-state index < -0.39 is 5.72 Å². The van der Waals surface area contributed by atoms with E-state index in [1.54, 1.807) is 4.90 Å². The van der Waals surface area contributed by atoms with Crippen molar-refractivity contribution in [3.05, 3.63) is 71.3 Å². The minimum atomic E-state index is -1.36. The van der Waals surface area contributed by atoms with Crippen LogP contribution in [0, 0.1) is 5.92 Å². The first-order valence-corrected chi connectivity index (χ1v) is 8.83. The Balaban J connectivity index is 1.84. The molecular formula is C21H23NO2. The molecule has 4 rings (SSSR count). The van der Waals surface area contributed by atoms with Crippen LogP contribution in [0.5, 0.6) is 0 Å². The first-order chi connectivity index (χ1) is 11.6. The first-order valence-electron chi connectivity index (χ1n) is 8.83. The Hall–Kier alpha value is -2.13. The van der Waals surface area contributed by atoms with Gasteiger partial charge in [0.05, 0.1) is 0 Å². The van der Waals surface area contributed by atoms with Gasteiger partial charge in [-0.3, -0.25) is 9.69 Å². The zero-order valence-corrected chi connectivity index (χ0v) is 14.0. The minimum Gasteiger partial charge on any atom is -0.363 e. The molecule has 0 radical (unpaired) electrons. The molecule has 1 heterocycles. The Kier molecular flexibility index (Phi) is 3.69. The van der Waals surface area contributed by atoms with Gasteiger partial charge >= 0.3 is 0 Å². The summed E-state index contributed by atoms with van der Waals surface area (Å²) in [7, 11) is 0. The van der Waals surface area contributed by atoms with Crippen LogP contribution in [0.2, 0.25) is 0 Å². The smallest absolute Gasteiger partial charge is 0.257 e. The normalized spacial score (nSPS) is 29.6. The number of hydrogen-bond donors (Lipinski definition) is 1. The largest absolute Gasteiger partial charge is 0.363 e. The SMILES string of the molecule is CC1CCC(N2C(=O)c3ccccc3[C@]2(O)c2ccccc2)CC1. The lowest BCUT2D eigenvalue weighted by Crippen LogP contribution is -2.51. The van der Waals surface area contributed by atoms with Crippen LogP contribution in [0.1, 0.15) is 54.1 Å². The van der Waals surface area contributed by atoms with Gasteiger partial charge in [-0.1, -0.05) is 55.5 Å². The second-order valence-corrected chi connectivity index (χ2v) is 7.17. The quantitative estimate of drug-likeness (QED) is 0.911. The fraction of sp³-hybridized carbons (Fsp3) is 0.381. The standard InChI is InChI=1S/C21H23NO2/c1-15-11-13-17(14-12-15)22-20(23)18-9-5-6-10-19(18)21(22,24)16-7-3-2-4-8-16/h2-10,15,17,24H,11-14H2,1H3/t15?,17?,21-/m1/s1. The lowest BCUT2D eigenvalue weighted by atomic mass is 9.85. The molecule has 2 aromatic rings. The number of benzene rings is 2. The second kappa shape index (κ2) is 5.75. The maximum atomic E-state index is 13.1. The fourth-order valence-corrected chi connectivity index (χ4v) is 4.28. The molecular weight excluding hydrogens is 298 g/mol. The average molecular weight is 321 g/mol. The highest BCUT2D eigenvalue weighted by atomic mass is 16.3. The summed E-state index contributed by atoms with van der Waals surface area (Å²) in [5.74, 6) is 0.655. The average Bonchev–Trinajstić information content (AvgIpc) is 2.86. The van der Waals surface area contributed by atoms with Crippen molar-refractivity contribution in [1.82, 2.24) is 4.90 Å². The minimum absolute atomic E-state index is 0.0449. The number of amides is 1. The van der Waals surface area contributed by atoms with E-state index in [4.69, 9.17) is 0 Å². The highest BCUT2D eigenvalue weighted by Crippen LogP contribution is 2.45. The molecule has 24 heavy (non-hydrogen) atoms. The molecule has 1 fully saturated rings. The van der Waals surface area contributed by atoms with Gasteiger partial charge in [0.2, 0.25) is 0 Å². The third-order valence-corrected chi connectivity index (χ3v) is 5.63. The predicted octanol–water partition coefficient (Wildman–Crippen LogP) is 3.91. The molecule has 3 nitrogen and oxygen atoms in total. The summed E-state index contributed by atoms with van der Waals surface area (Å²) in [5, 5.41) is 11.8. The fourth-order valence-electron chi connectivity index (χ4n) is 4.28. The van der Waals surface area contributed by atoms with Crippen LogP contribution in [-0.2, 0) is 5.72 Å². The van der Waals surface area contributed by atoms with Crippen molar-refractivity contribution in [2.75, 3.05) is 0 Å². The van der Waals surface area contributed by atoms with Crippen LogP contribution < -0.4 is 0 Å². The maximum absolute atomic E-state index is 13.1. The molecule has 0 spiro atoms. The summed E-state index contributed by atoms with van der Waals surface area (Å²) in [6.45, 7) is 2.26. The Morgan fingerprint density at radius 3 is 2.29 bits per heavy atom. The Morgan fingerprint density at radius 2 is 1.58 bits per heavy atom. The molecule has 1 N–H and O–H groups in total. The van der Waals surface area contributed by atoms with E-state index in [1.165, 1.54) is 0 Å². The van der Waals surface area contributed by atoms with Crippen molar-refractivity contribution in [1.29, 1.82) is 0 Å². The van der Waals surface area contributed by atoms with Crippen molar-refractivity contribution < 1.29 is 9.90 Å². The number of hydrogen-bond acceptors (Lipinski definition) is 2. The van der Waals surface area contributed by atoms with Crippen molar-refractivity contribution in [2.45, 2.75) is 44.4 Å². The lowest BCUT2D eigenvalue weighted by molar-refractivity contribution is -0.0774. The Labute approximate surface area is 142 Å². The summed E-state index contributed by atoms with van der Waals surface area (Å²) in [5.41, 5.74) is 0.740. The molecule has 1 amide bonds. The zero-order valence-electron chi connectivity index (χ0n) is 14.0. The Bertz CT molecular complexity index is 749. The van der Waals surface area contributed by atoms with Gasteiger partial charge in [0.25, 0.3) is 5.91 Å². The highest BCUT2D eigenvalue weighted by Gasteiger charge is 2.52. The lowest BCUT2D eigenvalue weighted by Gasteiger charge is -2.42. The van der Waals surface area contributed by atoms with Gasteiger partial charge in [0.1, 0.15) is 0 Å². The Morgan fingerprint density at radius 1 is 0.958 bits per heavy atom. The molecule has 0 saturated heterocycles. The van der Waals surface area contributed by atoms with E-state index in [2.05, 4.69) is 6.92 Å². The van der Waals surface area contributed by atoms with Crippen LogP contribution >= 0.6 is 0 Å². The van der Waals surface area contributed by atoms with Crippen LogP contribution in [-0.4, -0.2) is 22.0 Å². The molecule has 1 saturated carbocycles. The number of aliphatic hydroxyl groups is 1.